The molecule has 14 heteroatoms. The monoisotopic (exact) mass is 792 g/mol. The van der Waals surface area contributed by atoms with Gasteiger partial charge in [-0.1, -0.05) is 87.5 Å². The average Bonchev–Trinajstić information content (AvgIpc) is 3.80. The summed E-state index contributed by atoms with van der Waals surface area (Å²) in [7, 11) is 0. The summed E-state index contributed by atoms with van der Waals surface area (Å²) in [6.07, 6.45) is 2.69. The Morgan fingerprint density at radius 1 is 0.719 bits per heavy atom. The van der Waals surface area contributed by atoms with Gasteiger partial charge in [-0.2, -0.15) is 0 Å². The molecule has 0 unspecified atom stereocenters. The van der Waals surface area contributed by atoms with E-state index in [0.717, 1.165) is 37.7 Å². The molecule has 57 heavy (non-hydrogen) atoms. The van der Waals surface area contributed by atoms with E-state index in [0.29, 0.717) is 25.9 Å². The largest absolute Gasteiger partial charge is 0.368 e. The second kappa shape index (κ2) is 17.7. The number of amides is 5. The molecule has 1 fully saturated rings. The number of nitrogens with two attached hydrogens (primary N) is 2. The first-order valence-electron chi connectivity index (χ1n) is 19.3. The third-order valence-corrected chi connectivity index (χ3v) is 11.8. The molecular weight excluding hydrogens is 741 g/mol. The first-order chi connectivity index (χ1) is 27.2. The molecule has 3 aromatic carbocycles. The molecule has 0 radical (unpaired) electrons. The molecule has 13 nitrogen and oxygen atoms in total. The SMILES string of the molecule is CC(C)(C)[C@H](N)C(=O)N[C@H](Cc1csc2ccccc12)C(=O)N[C@H](Cc1c[nH]c2ccccc12)C(=O)N[C@@H](Cc1ccccc1)C(=O)NC1(C(N)=O)CCNCC1. The van der Waals surface area contributed by atoms with Gasteiger partial charge >= 0.3 is 0 Å². The van der Waals surface area contributed by atoms with Crippen LogP contribution in [-0.2, 0) is 43.2 Å². The molecule has 5 aromatic rings. The fraction of sp³-hybridized carbons (Fsp3) is 0.372. The number of fused-ring (bicyclic) bond motifs is 2. The molecule has 0 bridgehead atoms. The standard InChI is InChI=1S/C43H52N8O5S/c1-42(2,3)36(44)40(55)50-34(23-28-25-57-35-16-10-8-14-30(28)35)38(53)49-33(22-27-24-47-31-15-9-7-13-29(27)31)37(52)48-32(21-26-11-5-4-6-12-26)39(54)51-43(41(45)56)17-19-46-20-18-43/h4-16,24-25,32-34,36,46-47H,17-23,44H2,1-3H3,(H2,45,56)(H,48,52)(H,49,53)(H,50,55)(H,51,54)/t32-,33+,34+,36+/m0/s1. The first-order valence-corrected chi connectivity index (χ1v) is 20.2. The van der Waals surface area contributed by atoms with Gasteiger partial charge in [-0.3, -0.25) is 24.0 Å². The van der Waals surface area contributed by atoms with Crippen molar-refractivity contribution in [2.45, 2.75) is 82.6 Å². The summed E-state index contributed by atoms with van der Waals surface area (Å²) < 4.78 is 1.03. The number of aromatic nitrogens is 1. The molecule has 1 aliphatic rings. The van der Waals surface area contributed by atoms with Gasteiger partial charge in [0, 0.05) is 41.1 Å². The second-order valence-corrected chi connectivity index (χ2v) is 16.8. The van der Waals surface area contributed by atoms with Crippen molar-refractivity contribution < 1.29 is 24.0 Å². The summed E-state index contributed by atoms with van der Waals surface area (Å²) in [6.45, 7) is 6.50. The van der Waals surface area contributed by atoms with Crippen molar-refractivity contribution in [3.05, 3.63) is 107 Å². The third-order valence-electron chi connectivity index (χ3n) is 10.8. The number of rotatable bonds is 15. The minimum absolute atomic E-state index is 0.0573. The molecule has 300 valence electrons. The summed E-state index contributed by atoms with van der Waals surface area (Å²) in [6, 6.07) is 20.3. The van der Waals surface area contributed by atoms with Crippen LogP contribution >= 0.6 is 11.3 Å². The maximum Gasteiger partial charge on any atom is 0.243 e. The summed E-state index contributed by atoms with van der Waals surface area (Å²) in [4.78, 5) is 72.8. The van der Waals surface area contributed by atoms with E-state index in [1.54, 1.807) is 6.20 Å². The molecule has 6 rings (SSSR count). The van der Waals surface area contributed by atoms with Crippen LogP contribution in [0.3, 0.4) is 0 Å². The molecule has 2 aromatic heterocycles. The van der Waals surface area contributed by atoms with Crippen LogP contribution in [-0.4, -0.2) is 77.3 Å². The normalized spacial score (nSPS) is 16.2. The summed E-state index contributed by atoms with van der Waals surface area (Å²) in [5, 5.41) is 18.6. The van der Waals surface area contributed by atoms with Gasteiger partial charge in [-0.25, -0.2) is 0 Å². The molecular formula is C43H52N8O5S. The molecule has 3 heterocycles. The molecule has 0 spiro atoms. The Morgan fingerprint density at radius 3 is 1.93 bits per heavy atom. The van der Waals surface area contributed by atoms with Crippen LogP contribution in [0.5, 0.6) is 0 Å². The Kier molecular flexibility index (Phi) is 12.8. The van der Waals surface area contributed by atoms with Crippen molar-refractivity contribution in [3.8, 4) is 0 Å². The number of benzene rings is 3. The number of carbonyl (C=O) groups is 5. The fourth-order valence-electron chi connectivity index (χ4n) is 7.22. The van der Waals surface area contributed by atoms with Crippen LogP contribution in [0.15, 0.2) is 90.4 Å². The van der Waals surface area contributed by atoms with Crippen LogP contribution in [0.4, 0.5) is 0 Å². The fourth-order valence-corrected chi connectivity index (χ4v) is 8.19. The number of primary amides is 1. The Labute approximate surface area is 336 Å². The number of thiophene rings is 1. The highest BCUT2D eigenvalue weighted by atomic mass is 32.1. The zero-order valence-corrected chi connectivity index (χ0v) is 33.3. The van der Waals surface area contributed by atoms with Crippen LogP contribution in [0.25, 0.3) is 21.0 Å². The van der Waals surface area contributed by atoms with Crippen molar-refractivity contribution in [3.63, 3.8) is 0 Å². The van der Waals surface area contributed by atoms with Crippen LogP contribution < -0.4 is 38.1 Å². The van der Waals surface area contributed by atoms with E-state index in [9.17, 15) is 24.0 Å². The van der Waals surface area contributed by atoms with Crippen molar-refractivity contribution in [1.82, 2.24) is 31.6 Å². The maximum absolute atomic E-state index is 14.6. The number of nitrogens with one attached hydrogen (secondary N) is 6. The lowest BCUT2D eigenvalue weighted by Crippen LogP contribution is -2.65. The van der Waals surface area contributed by atoms with Crippen molar-refractivity contribution in [1.29, 1.82) is 0 Å². The number of hydrogen-bond donors (Lipinski definition) is 8. The summed E-state index contributed by atoms with van der Waals surface area (Å²) in [5.74, 6) is -2.94. The Morgan fingerprint density at radius 2 is 1.28 bits per heavy atom. The number of para-hydroxylation sites is 1. The lowest BCUT2D eigenvalue weighted by atomic mass is 9.86. The number of aromatic amines is 1. The quantitative estimate of drug-likeness (QED) is 0.0793. The maximum atomic E-state index is 14.6. The number of piperidine rings is 1. The highest BCUT2D eigenvalue weighted by molar-refractivity contribution is 7.17. The van der Waals surface area contributed by atoms with E-state index in [-0.39, 0.29) is 19.3 Å². The van der Waals surface area contributed by atoms with Crippen LogP contribution in [0, 0.1) is 5.41 Å². The highest BCUT2D eigenvalue weighted by Gasteiger charge is 2.41. The molecule has 1 aliphatic heterocycles. The smallest absolute Gasteiger partial charge is 0.243 e. The zero-order valence-electron chi connectivity index (χ0n) is 32.5. The van der Waals surface area contributed by atoms with E-state index in [4.69, 9.17) is 11.5 Å². The van der Waals surface area contributed by atoms with Gasteiger partial charge in [0.25, 0.3) is 0 Å². The Bertz CT molecular complexity index is 2220. The lowest BCUT2D eigenvalue weighted by molar-refractivity contribution is -0.136. The van der Waals surface area contributed by atoms with E-state index < -0.39 is 64.7 Å². The molecule has 0 saturated carbocycles. The Hall–Kier alpha value is -5.57. The first kappa shape index (κ1) is 41.1. The van der Waals surface area contributed by atoms with E-state index in [1.807, 2.05) is 105 Å². The van der Waals surface area contributed by atoms with Gasteiger partial charge in [-0.15, -0.1) is 11.3 Å². The highest BCUT2D eigenvalue weighted by Crippen LogP contribution is 2.27. The van der Waals surface area contributed by atoms with Gasteiger partial charge in [0.15, 0.2) is 0 Å². The second-order valence-electron chi connectivity index (χ2n) is 15.9. The van der Waals surface area contributed by atoms with Gasteiger partial charge in [-0.05, 0) is 70.9 Å². The summed E-state index contributed by atoms with van der Waals surface area (Å²) >= 11 is 1.54. The lowest BCUT2D eigenvalue weighted by Gasteiger charge is -2.36. The number of hydrogen-bond acceptors (Lipinski definition) is 8. The van der Waals surface area contributed by atoms with E-state index >= 15 is 0 Å². The molecule has 1 saturated heterocycles. The average molecular weight is 793 g/mol. The van der Waals surface area contributed by atoms with Crippen LogP contribution in [0.1, 0.15) is 50.3 Å². The van der Waals surface area contributed by atoms with Gasteiger partial charge < -0.3 is 43.0 Å². The van der Waals surface area contributed by atoms with E-state index in [2.05, 4.69) is 31.6 Å². The third kappa shape index (κ3) is 9.88. The van der Waals surface area contributed by atoms with Gasteiger partial charge in [0.1, 0.15) is 23.7 Å². The predicted octanol–water partition coefficient (Wildman–Crippen LogP) is 2.96. The van der Waals surface area contributed by atoms with Crippen molar-refractivity contribution in [2.75, 3.05) is 13.1 Å². The minimum atomic E-state index is -1.29. The van der Waals surface area contributed by atoms with Crippen molar-refractivity contribution in [2.24, 2.45) is 16.9 Å². The predicted molar refractivity (Wildman–Crippen MR) is 223 cm³/mol. The summed E-state index contributed by atoms with van der Waals surface area (Å²) in [5.41, 5.74) is 13.6. The van der Waals surface area contributed by atoms with E-state index in [1.165, 1.54) is 11.3 Å². The number of carbonyl (C=O) groups excluding carboxylic acids is 5. The zero-order chi connectivity index (χ0) is 40.7. The Balaban J connectivity index is 1.32. The van der Waals surface area contributed by atoms with Crippen molar-refractivity contribution >= 4 is 61.9 Å². The number of H-pyrrole nitrogens is 1. The topological polar surface area (TPSA) is 213 Å². The molecule has 10 N–H and O–H groups in total. The molecule has 5 amide bonds. The minimum Gasteiger partial charge on any atom is -0.368 e. The molecule has 0 aliphatic carbocycles. The molecule has 4 atom stereocenters. The van der Waals surface area contributed by atoms with Crippen LogP contribution in [0.2, 0.25) is 0 Å². The van der Waals surface area contributed by atoms with Gasteiger partial charge in [0.05, 0.1) is 6.04 Å². The van der Waals surface area contributed by atoms with Gasteiger partial charge in [0.2, 0.25) is 29.5 Å².